The van der Waals surface area contributed by atoms with E-state index in [4.69, 9.17) is 17.3 Å². The number of aryl methyl sites for hydroxylation is 1. The molecule has 0 aliphatic carbocycles. The molecule has 0 fully saturated rings. The van der Waals surface area contributed by atoms with Gasteiger partial charge in [0, 0.05) is 21.2 Å². The molecule has 0 radical (unpaired) electrons. The van der Waals surface area contributed by atoms with Crippen LogP contribution in [0.4, 0.5) is 0 Å². The first-order valence-electron chi connectivity index (χ1n) is 7.00. The van der Waals surface area contributed by atoms with E-state index in [0.29, 0.717) is 21.6 Å². The summed E-state index contributed by atoms with van der Waals surface area (Å²) < 4.78 is 0. The van der Waals surface area contributed by atoms with Crippen LogP contribution in [0.3, 0.4) is 0 Å². The molecule has 2 aromatic heterocycles. The summed E-state index contributed by atoms with van der Waals surface area (Å²) in [6.45, 7) is 1.95. The van der Waals surface area contributed by atoms with Crippen LogP contribution in [0.5, 0.6) is 5.75 Å². The Morgan fingerprint density at radius 1 is 1.22 bits per heavy atom. The number of aromatic amines is 1. The van der Waals surface area contributed by atoms with Crippen LogP contribution in [0, 0.1) is 6.92 Å². The number of pyridine rings is 1. The standard InChI is InChI=1S/C17H12ClN3O2/c1-7-2-5-11(22)14-12(7)13-9-4-3-8(18)6-10(9)20-16(17(19)23)15(13)21-14/h2-6,21-22H,1H3,(H2,19,23). The van der Waals surface area contributed by atoms with Crippen LogP contribution in [0.2, 0.25) is 5.02 Å². The molecule has 4 rings (SSSR count). The van der Waals surface area contributed by atoms with Crippen molar-refractivity contribution in [2.75, 3.05) is 0 Å². The number of carbonyl (C=O) groups excluding carboxylic acids is 1. The van der Waals surface area contributed by atoms with E-state index in [-0.39, 0.29) is 11.4 Å². The van der Waals surface area contributed by atoms with Crippen molar-refractivity contribution in [2.45, 2.75) is 6.92 Å². The fourth-order valence-corrected chi connectivity index (χ4v) is 3.23. The third-order valence-corrected chi connectivity index (χ3v) is 4.31. The van der Waals surface area contributed by atoms with Gasteiger partial charge in [0.25, 0.3) is 5.91 Å². The van der Waals surface area contributed by atoms with Crippen molar-refractivity contribution in [3.63, 3.8) is 0 Å². The number of primary amides is 1. The Morgan fingerprint density at radius 2 is 2.00 bits per heavy atom. The summed E-state index contributed by atoms with van der Waals surface area (Å²) in [6.07, 6.45) is 0. The van der Waals surface area contributed by atoms with Crippen LogP contribution < -0.4 is 5.73 Å². The number of phenolic OH excluding ortho intramolecular Hbond substituents is 1. The van der Waals surface area contributed by atoms with Gasteiger partial charge in [-0.25, -0.2) is 4.98 Å². The van der Waals surface area contributed by atoms with Gasteiger partial charge in [-0.05, 0) is 30.7 Å². The number of aromatic hydroxyl groups is 1. The van der Waals surface area contributed by atoms with E-state index in [1.165, 1.54) is 0 Å². The van der Waals surface area contributed by atoms with Gasteiger partial charge in [0.1, 0.15) is 5.75 Å². The summed E-state index contributed by atoms with van der Waals surface area (Å²) in [4.78, 5) is 19.3. The summed E-state index contributed by atoms with van der Waals surface area (Å²) in [6, 6.07) is 8.76. The molecule has 4 N–H and O–H groups in total. The Bertz CT molecular complexity index is 1130. The van der Waals surface area contributed by atoms with Crippen LogP contribution in [-0.4, -0.2) is 21.0 Å². The largest absolute Gasteiger partial charge is 0.506 e. The first-order chi connectivity index (χ1) is 11.0. The molecule has 2 aromatic carbocycles. The molecule has 2 heterocycles. The molecule has 0 spiro atoms. The molecule has 0 atom stereocenters. The first-order valence-corrected chi connectivity index (χ1v) is 7.38. The fraction of sp³-hybridized carbons (Fsp3) is 0.0588. The van der Waals surface area contributed by atoms with E-state index in [2.05, 4.69) is 9.97 Å². The molecule has 5 nitrogen and oxygen atoms in total. The topological polar surface area (TPSA) is 92.0 Å². The number of aromatic nitrogens is 2. The Morgan fingerprint density at radius 3 is 2.74 bits per heavy atom. The molecule has 114 valence electrons. The Kier molecular flexibility index (Phi) is 2.77. The summed E-state index contributed by atoms with van der Waals surface area (Å²) in [5.74, 6) is -0.528. The number of benzene rings is 2. The van der Waals surface area contributed by atoms with E-state index in [9.17, 15) is 9.90 Å². The maximum absolute atomic E-state index is 11.8. The average Bonchev–Trinajstić information content (AvgIpc) is 2.91. The summed E-state index contributed by atoms with van der Waals surface area (Å²) in [5, 5.41) is 13.2. The van der Waals surface area contributed by atoms with E-state index in [0.717, 1.165) is 21.7 Å². The Labute approximate surface area is 135 Å². The van der Waals surface area contributed by atoms with E-state index in [1.807, 2.05) is 19.1 Å². The molecule has 0 saturated heterocycles. The van der Waals surface area contributed by atoms with Crippen molar-refractivity contribution < 1.29 is 9.90 Å². The predicted molar refractivity (Wildman–Crippen MR) is 91.0 cm³/mol. The molecular formula is C17H12ClN3O2. The molecule has 1 amide bonds. The second-order valence-electron chi connectivity index (χ2n) is 5.51. The van der Waals surface area contributed by atoms with Crippen LogP contribution >= 0.6 is 11.6 Å². The highest BCUT2D eigenvalue weighted by molar-refractivity contribution is 6.32. The molecule has 0 aliphatic heterocycles. The number of phenols is 1. The number of nitrogens with two attached hydrogens (primary N) is 1. The summed E-state index contributed by atoms with van der Waals surface area (Å²) in [5.41, 5.74) is 8.26. The lowest BCUT2D eigenvalue weighted by Crippen LogP contribution is -2.13. The quantitative estimate of drug-likeness (QED) is 0.499. The normalized spacial score (nSPS) is 11.6. The van der Waals surface area contributed by atoms with Crippen molar-refractivity contribution in [3.05, 3.63) is 46.6 Å². The lowest BCUT2D eigenvalue weighted by atomic mass is 10.0. The molecule has 0 bridgehead atoms. The molecule has 0 unspecified atom stereocenters. The smallest absolute Gasteiger partial charge is 0.269 e. The highest BCUT2D eigenvalue weighted by Crippen LogP contribution is 2.38. The predicted octanol–water partition coefficient (Wildman–Crippen LogP) is 3.64. The number of hydrogen-bond acceptors (Lipinski definition) is 3. The Hall–Kier alpha value is -2.79. The number of H-pyrrole nitrogens is 1. The van der Waals surface area contributed by atoms with Crippen LogP contribution in [0.1, 0.15) is 16.1 Å². The number of carbonyl (C=O) groups is 1. The lowest BCUT2D eigenvalue weighted by Gasteiger charge is -2.05. The third kappa shape index (κ3) is 1.87. The number of nitrogens with one attached hydrogen (secondary N) is 1. The maximum atomic E-state index is 11.8. The van der Waals surface area contributed by atoms with Gasteiger partial charge in [-0.3, -0.25) is 4.79 Å². The number of rotatable bonds is 1. The highest BCUT2D eigenvalue weighted by atomic mass is 35.5. The van der Waals surface area contributed by atoms with Gasteiger partial charge in [0.05, 0.1) is 16.6 Å². The van der Waals surface area contributed by atoms with E-state index in [1.54, 1.807) is 18.2 Å². The number of nitrogens with zero attached hydrogens (tertiary/aromatic N) is 1. The van der Waals surface area contributed by atoms with Gasteiger partial charge in [0.2, 0.25) is 0 Å². The number of fused-ring (bicyclic) bond motifs is 5. The van der Waals surface area contributed by atoms with Crippen molar-refractivity contribution in [1.82, 2.24) is 9.97 Å². The van der Waals surface area contributed by atoms with Crippen LogP contribution in [0.15, 0.2) is 30.3 Å². The van der Waals surface area contributed by atoms with Crippen molar-refractivity contribution in [2.24, 2.45) is 5.73 Å². The minimum Gasteiger partial charge on any atom is -0.506 e. The molecule has 6 heteroatoms. The fourth-order valence-electron chi connectivity index (χ4n) is 3.07. The maximum Gasteiger partial charge on any atom is 0.269 e. The van der Waals surface area contributed by atoms with Crippen LogP contribution in [-0.2, 0) is 0 Å². The summed E-state index contributed by atoms with van der Waals surface area (Å²) >= 11 is 6.05. The van der Waals surface area contributed by atoms with Gasteiger partial charge in [0.15, 0.2) is 5.69 Å². The number of hydrogen-bond donors (Lipinski definition) is 3. The van der Waals surface area contributed by atoms with Crippen molar-refractivity contribution in [1.29, 1.82) is 0 Å². The minimum atomic E-state index is -0.638. The van der Waals surface area contributed by atoms with E-state index < -0.39 is 5.91 Å². The average molecular weight is 326 g/mol. The molecule has 4 aromatic rings. The minimum absolute atomic E-state index is 0.110. The van der Waals surface area contributed by atoms with Gasteiger partial charge in [-0.1, -0.05) is 23.7 Å². The zero-order chi connectivity index (χ0) is 16.3. The SMILES string of the molecule is Cc1ccc(O)c2[nH]c3c(C(N)=O)nc4cc(Cl)ccc4c3c12. The molecule has 0 aliphatic rings. The zero-order valence-corrected chi connectivity index (χ0v) is 12.9. The van der Waals surface area contributed by atoms with Crippen LogP contribution in [0.25, 0.3) is 32.7 Å². The van der Waals surface area contributed by atoms with Crippen molar-refractivity contribution >= 4 is 50.2 Å². The second-order valence-corrected chi connectivity index (χ2v) is 5.95. The molecular weight excluding hydrogens is 314 g/mol. The van der Waals surface area contributed by atoms with E-state index >= 15 is 0 Å². The molecule has 23 heavy (non-hydrogen) atoms. The highest BCUT2D eigenvalue weighted by Gasteiger charge is 2.19. The zero-order valence-electron chi connectivity index (χ0n) is 12.1. The number of halogens is 1. The van der Waals surface area contributed by atoms with Gasteiger partial charge >= 0.3 is 0 Å². The monoisotopic (exact) mass is 325 g/mol. The summed E-state index contributed by atoms with van der Waals surface area (Å²) in [7, 11) is 0. The van der Waals surface area contributed by atoms with Crippen molar-refractivity contribution in [3.8, 4) is 5.75 Å². The molecule has 0 saturated carbocycles. The van der Waals surface area contributed by atoms with Gasteiger partial charge in [-0.15, -0.1) is 0 Å². The first kappa shape index (κ1) is 13.8. The number of amides is 1. The Balaban J connectivity index is 2.38. The lowest BCUT2D eigenvalue weighted by molar-refractivity contribution is 0.0997. The third-order valence-electron chi connectivity index (χ3n) is 4.07. The second kappa shape index (κ2) is 4.60. The van der Waals surface area contributed by atoms with Gasteiger partial charge in [-0.2, -0.15) is 0 Å². The van der Waals surface area contributed by atoms with Gasteiger partial charge < -0.3 is 15.8 Å².